The lowest BCUT2D eigenvalue weighted by Gasteiger charge is -2.05. The molecule has 0 atom stereocenters. The molecule has 1 saturated heterocycles. The minimum absolute atomic E-state index is 0.353. The molecule has 0 saturated carbocycles. The average molecular weight is 441 g/mol. The first-order valence-corrected chi connectivity index (χ1v) is 10.4. The number of aryl methyl sites for hydroxylation is 1. The molecule has 0 bridgehead atoms. The van der Waals surface area contributed by atoms with Crippen molar-refractivity contribution < 1.29 is 18.7 Å². The summed E-state index contributed by atoms with van der Waals surface area (Å²) in [7, 11) is 0. The minimum atomic E-state index is -0.369. The zero-order valence-electron chi connectivity index (χ0n) is 16.0. The van der Waals surface area contributed by atoms with Gasteiger partial charge < -0.3 is 9.15 Å². The van der Waals surface area contributed by atoms with Crippen LogP contribution in [0.5, 0.6) is 5.75 Å². The summed E-state index contributed by atoms with van der Waals surface area (Å²) >= 11 is 6.82. The molecule has 1 aromatic heterocycles. The third-order valence-corrected chi connectivity index (χ3v) is 5.47. The number of hydrogen-bond acceptors (Lipinski definition) is 6. The number of carbonyl (C=O) groups is 2. The maximum absolute atomic E-state index is 11.6. The van der Waals surface area contributed by atoms with Crippen LogP contribution in [0.25, 0.3) is 17.5 Å². The number of ether oxygens (including phenoxy) is 1. The first kappa shape index (κ1) is 20.3. The van der Waals surface area contributed by atoms with Crippen molar-refractivity contribution in [1.82, 2.24) is 10.3 Å². The Labute approximate surface area is 182 Å². The lowest BCUT2D eigenvalue weighted by Crippen LogP contribution is -2.17. The fourth-order valence-electron chi connectivity index (χ4n) is 2.87. The number of hydrogen-bond donors (Lipinski definition) is 1. The van der Waals surface area contributed by atoms with Crippen molar-refractivity contribution in [3.05, 3.63) is 75.5 Å². The largest absolute Gasteiger partial charge is 0.493 e. The van der Waals surface area contributed by atoms with Crippen molar-refractivity contribution in [1.29, 1.82) is 0 Å². The molecular formula is C22H17ClN2O4S. The van der Waals surface area contributed by atoms with Gasteiger partial charge in [-0.1, -0.05) is 23.7 Å². The van der Waals surface area contributed by atoms with E-state index in [4.69, 9.17) is 20.8 Å². The number of nitrogens with one attached hydrogen (secondary N) is 1. The quantitative estimate of drug-likeness (QED) is 0.527. The summed E-state index contributed by atoms with van der Waals surface area (Å²) in [5, 5.41) is 2.54. The van der Waals surface area contributed by atoms with Crippen molar-refractivity contribution in [2.45, 2.75) is 13.3 Å². The van der Waals surface area contributed by atoms with Crippen LogP contribution in [-0.4, -0.2) is 22.7 Å². The minimum Gasteiger partial charge on any atom is -0.493 e. The Morgan fingerprint density at radius 2 is 1.87 bits per heavy atom. The molecule has 152 valence electrons. The Kier molecular flexibility index (Phi) is 5.92. The molecule has 1 aliphatic rings. The van der Waals surface area contributed by atoms with Gasteiger partial charge in [0.25, 0.3) is 11.1 Å². The zero-order valence-corrected chi connectivity index (χ0v) is 17.5. The lowest BCUT2D eigenvalue weighted by molar-refractivity contribution is -0.115. The molecule has 0 radical (unpaired) electrons. The molecule has 2 aromatic carbocycles. The molecule has 4 rings (SSSR count). The van der Waals surface area contributed by atoms with Crippen LogP contribution in [0.15, 0.2) is 57.9 Å². The molecule has 0 unspecified atom stereocenters. The molecule has 6 nitrogen and oxygen atoms in total. The van der Waals surface area contributed by atoms with Gasteiger partial charge in [0.1, 0.15) is 11.5 Å². The summed E-state index contributed by atoms with van der Waals surface area (Å²) in [4.78, 5) is 27.8. The summed E-state index contributed by atoms with van der Waals surface area (Å²) in [5.41, 5.74) is 2.53. The van der Waals surface area contributed by atoms with Gasteiger partial charge in [0.05, 0.1) is 17.2 Å². The summed E-state index contributed by atoms with van der Waals surface area (Å²) in [5.74, 6) is 1.65. The van der Waals surface area contributed by atoms with E-state index in [9.17, 15) is 9.59 Å². The summed E-state index contributed by atoms with van der Waals surface area (Å²) in [6.07, 6.45) is 2.28. The molecule has 1 aliphatic heterocycles. The highest BCUT2D eigenvalue weighted by Gasteiger charge is 2.24. The summed E-state index contributed by atoms with van der Waals surface area (Å²) in [6, 6.07) is 14.6. The summed E-state index contributed by atoms with van der Waals surface area (Å²) < 4.78 is 11.6. The maximum atomic E-state index is 11.6. The maximum Gasteiger partial charge on any atom is 0.290 e. The van der Waals surface area contributed by atoms with Crippen LogP contribution in [0.1, 0.15) is 17.0 Å². The number of amides is 2. The molecule has 8 heteroatoms. The molecule has 3 aromatic rings. The second-order valence-corrected chi connectivity index (χ2v) is 8.00. The van der Waals surface area contributed by atoms with Gasteiger partial charge in [-0.2, -0.15) is 0 Å². The highest BCUT2D eigenvalue weighted by molar-refractivity contribution is 8.18. The highest BCUT2D eigenvalue weighted by atomic mass is 35.5. The molecule has 2 heterocycles. The molecule has 2 amide bonds. The van der Waals surface area contributed by atoms with Crippen LogP contribution in [0, 0.1) is 6.92 Å². The van der Waals surface area contributed by atoms with Crippen molar-refractivity contribution in [3.8, 4) is 17.2 Å². The lowest BCUT2D eigenvalue weighted by atomic mass is 10.2. The van der Waals surface area contributed by atoms with Crippen LogP contribution >= 0.6 is 23.4 Å². The van der Waals surface area contributed by atoms with Crippen molar-refractivity contribution in [3.63, 3.8) is 0 Å². The Morgan fingerprint density at radius 3 is 2.53 bits per heavy atom. The van der Waals surface area contributed by atoms with E-state index in [0.717, 1.165) is 34.3 Å². The smallest absolute Gasteiger partial charge is 0.290 e. The van der Waals surface area contributed by atoms with E-state index in [2.05, 4.69) is 10.3 Å². The number of thioether (sulfide) groups is 1. The van der Waals surface area contributed by atoms with Gasteiger partial charge in [0.15, 0.2) is 0 Å². The van der Waals surface area contributed by atoms with Crippen LogP contribution in [0.3, 0.4) is 0 Å². The number of oxazole rings is 1. The van der Waals surface area contributed by atoms with Crippen molar-refractivity contribution >= 4 is 40.6 Å². The first-order valence-electron chi connectivity index (χ1n) is 9.18. The normalized spacial score (nSPS) is 14.9. The van der Waals surface area contributed by atoms with Crippen LogP contribution in [0.2, 0.25) is 5.02 Å². The zero-order chi connectivity index (χ0) is 21.1. The molecule has 0 spiro atoms. The second kappa shape index (κ2) is 8.77. The number of rotatable bonds is 6. The van der Waals surface area contributed by atoms with Gasteiger partial charge in [-0.3, -0.25) is 14.9 Å². The van der Waals surface area contributed by atoms with Crippen molar-refractivity contribution in [2.75, 3.05) is 6.61 Å². The van der Waals surface area contributed by atoms with Crippen LogP contribution in [0.4, 0.5) is 4.79 Å². The number of aromatic nitrogens is 1. The second-order valence-electron chi connectivity index (χ2n) is 6.55. The first-order chi connectivity index (χ1) is 14.5. The highest BCUT2D eigenvalue weighted by Crippen LogP contribution is 2.26. The third kappa shape index (κ3) is 4.75. The number of benzene rings is 2. The monoisotopic (exact) mass is 440 g/mol. The van der Waals surface area contributed by atoms with Gasteiger partial charge in [0, 0.05) is 17.0 Å². The van der Waals surface area contributed by atoms with E-state index in [1.165, 1.54) is 0 Å². The molecule has 0 aliphatic carbocycles. The van der Waals surface area contributed by atoms with E-state index in [0.29, 0.717) is 34.6 Å². The van der Waals surface area contributed by atoms with Gasteiger partial charge in [-0.05, 0) is 66.7 Å². The standard InChI is InChI=1S/C22H17ClN2O4S/c1-13-18(24-21(29-13)15-4-6-16(23)7-5-15)10-11-28-17-8-2-14(3-9-17)12-19-20(26)25-22(27)30-19/h2-9,12H,10-11H2,1H3,(H,25,26,27)/b19-12+. The Hall–Kier alpha value is -3.03. The Balaban J connectivity index is 1.34. The van der Waals surface area contributed by atoms with E-state index < -0.39 is 0 Å². The molecule has 1 N–H and O–H groups in total. The van der Waals surface area contributed by atoms with E-state index >= 15 is 0 Å². The predicted molar refractivity (Wildman–Crippen MR) is 116 cm³/mol. The fourth-order valence-corrected chi connectivity index (χ4v) is 3.68. The van der Waals surface area contributed by atoms with Gasteiger partial charge in [0.2, 0.25) is 5.89 Å². The van der Waals surface area contributed by atoms with Gasteiger partial charge in [-0.25, -0.2) is 4.98 Å². The predicted octanol–water partition coefficient (Wildman–Crippen LogP) is 5.25. The van der Waals surface area contributed by atoms with Crippen molar-refractivity contribution in [2.24, 2.45) is 0 Å². The van der Waals surface area contributed by atoms with Crippen LogP contribution < -0.4 is 10.1 Å². The average Bonchev–Trinajstić information content (AvgIpc) is 3.25. The van der Waals surface area contributed by atoms with E-state index in [-0.39, 0.29) is 11.1 Å². The van der Waals surface area contributed by atoms with Gasteiger partial charge in [-0.15, -0.1) is 0 Å². The molecule has 1 fully saturated rings. The topological polar surface area (TPSA) is 81.4 Å². The SMILES string of the molecule is Cc1oc(-c2ccc(Cl)cc2)nc1CCOc1ccc(/C=C2/SC(=O)NC2=O)cc1. The van der Waals surface area contributed by atoms with Crippen LogP contribution in [-0.2, 0) is 11.2 Å². The number of halogens is 1. The fraction of sp³-hybridized carbons (Fsp3) is 0.136. The van der Waals surface area contributed by atoms with Gasteiger partial charge >= 0.3 is 0 Å². The van der Waals surface area contributed by atoms with E-state index in [1.54, 1.807) is 18.2 Å². The number of carbonyl (C=O) groups excluding carboxylic acids is 2. The third-order valence-electron chi connectivity index (χ3n) is 4.41. The van der Waals surface area contributed by atoms with E-state index in [1.807, 2.05) is 43.3 Å². The Bertz CT molecular complexity index is 1120. The molecular weight excluding hydrogens is 424 g/mol. The number of nitrogens with zero attached hydrogens (tertiary/aromatic N) is 1. The Morgan fingerprint density at radius 1 is 1.13 bits per heavy atom. The number of imide groups is 1. The molecule has 30 heavy (non-hydrogen) atoms. The summed E-state index contributed by atoms with van der Waals surface area (Å²) in [6.45, 7) is 2.33.